The molecule has 1 aliphatic rings. The van der Waals surface area contributed by atoms with Gasteiger partial charge in [-0.25, -0.2) is 0 Å². The van der Waals surface area contributed by atoms with Crippen LogP contribution in [0.15, 0.2) is 24.3 Å². The van der Waals surface area contributed by atoms with E-state index in [4.69, 9.17) is 21.6 Å². The average molecular weight is 265 g/mol. The molecule has 5 heteroatoms. The summed E-state index contributed by atoms with van der Waals surface area (Å²) in [6.45, 7) is 0.885. The van der Waals surface area contributed by atoms with Crippen molar-refractivity contribution in [2.24, 2.45) is 5.41 Å². The largest absolute Gasteiger partial charge is 0.377 e. The highest BCUT2D eigenvalue weighted by atomic mass is 35.5. The van der Waals surface area contributed by atoms with Crippen LogP contribution < -0.4 is 5.32 Å². The minimum Gasteiger partial charge on any atom is -0.377 e. The van der Waals surface area contributed by atoms with Gasteiger partial charge in [-0.1, -0.05) is 23.7 Å². The van der Waals surface area contributed by atoms with E-state index in [1.807, 2.05) is 30.3 Å². The third-order valence-corrected chi connectivity index (χ3v) is 3.21. The number of carbonyl (C=O) groups excluding carboxylic acids is 1. The van der Waals surface area contributed by atoms with Crippen molar-refractivity contribution in [1.29, 1.82) is 5.26 Å². The zero-order chi connectivity index (χ0) is 13.0. The SMILES string of the molecule is N#CC1(C(=O)NCCc2ccc(Cl)cc2)COC1. The molecule has 0 aliphatic carbocycles. The molecule has 0 bridgehead atoms. The van der Waals surface area contributed by atoms with E-state index in [1.165, 1.54) is 0 Å². The molecule has 1 aromatic rings. The number of carbonyl (C=O) groups is 1. The number of nitrogens with zero attached hydrogens (tertiary/aromatic N) is 1. The molecule has 0 unspecified atom stereocenters. The van der Waals surface area contributed by atoms with Gasteiger partial charge in [-0.05, 0) is 24.1 Å². The van der Waals surface area contributed by atoms with Crippen molar-refractivity contribution < 1.29 is 9.53 Å². The van der Waals surface area contributed by atoms with Gasteiger partial charge in [-0.3, -0.25) is 4.79 Å². The highest BCUT2D eigenvalue weighted by Crippen LogP contribution is 2.26. The van der Waals surface area contributed by atoms with Crippen LogP contribution in [0.5, 0.6) is 0 Å². The van der Waals surface area contributed by atoms with Crippen molar-refractivity contribution >= 4 is 17.5 Å². The van der Waals surface area contributed by atoms with E-state index in [2.05, 4.69) is 5.32 Å². The van der Waals surface area contributed by atoms with Gasteiger partial charge in [0.05, 0.1) is 19.3 Å². The zero-order valence-electron chi connectivity index (χ0n) is 9.78. The Morgan fingerprint density at radius 2 is 2.11 bits per heavy atom. The van der Waals surface area contributed by atoms with E-state index >= 15 is 0 Å². The molecule has 1 fully saturated rings. The number of rotatable bonds is 4. The predicted octanol–water partition coefficient (Wildman–Crippen LogP) is 1.54. The first-order valence-corrected chi connectivity index (χ1v) is 6.06. The summed E-state index contributed by atoms with van der Waals surface area (Å²) < 4.78 is 4.93. The van der Waals surface area contributed by atoms with Crippen LogP contribution in [0, 0.1) is 16.7 Å². The minimum atomic E-state index is -0.972. The van der Waals surface area contributed by atoms with Crippen LogP contribution in [0.4, 0.5) is 0 Å². The molecular formula is C13H13ClN2O2. The van der Waals surface area contributed by atoms with Gasteiger partial charge in [0.25, 0.3) is 0 Å². The van der Waals surface area contributed by atoms with E-state index in [-0.39, 0.29) is 19.1 Å². The number of nitriles is 1. The topological polar surface area (TPSA) is 62.1 Å². The molecule has 94 valence electrons. The Morgan fingerprint density at radius 3 is 2.61 bits per heavy atom. The summed E-state index contributed by atoms with van der Waals surface area (Å²) in [5.74, 6) is -0.245. The maximum absolute atomic E-state index is 11.8. The third-order valence-electron chi connectivity index (χ3n) is 2.96. The first-order chi connectivity index (χ1) is 8.66. The Bertz CT molecular complexity index is 475. The second kappa shape index (κ2) is 5.38. The van der Waals surface area contributed by atoms with Gasteiger partial charge in [0.2, 0.25) is 5.91 Å². The molecule has 0 aromatic heterocycles. The summed E-state index contributed by atoms with van der Waals surface area (Å²) in [7, 11) is 0. The lowest BCUT2D eigenvalue weighted by atomic mass is 9.87. The van der Waals surface area contributed by atoms with E-state index in [9.17, 15) is 4.79 Å². The molecule has 0 saturated carbocycles. The van der Waals surface area contributed by atoms with Gasteiger partial charge in [0.15, 0.2) is 5.41 Å². The number of halogens is 1. The molecule has 4 nitrogen and oxygen atoms in total. The molecular weight excluding hydrogens is 252 g/mol. The lowest BCUT2D eigenvalue weighted by Crippen LogP contribution is -2.53. The Balaban J connectivity index is 1.80. The van der Waals surface area contributed by atoms with E-state index < -0.39 is 5.41 Å². The van der Waals surface area contributed by atoms with Crippen molar-refractivity contribution in [3.8, 4) is 6.07 Å². The van der Waals surface area contributed by atoms with Crippen molar-refractivity contribution in [1.82, 2.24) is 5.32 Å². The van der Waals surface area contributed by atoms with Crippen LogP contribution in [0.3, 0.4) is 0 Å². The summed E-state index contributed by atoms with van der Waals surface area (Å²) in [6, 6.07) is 9.48. The molecule has 2 rings (SSSR count). The number of amides is 1. The smallest absolute Gasteiger partial charge is 0.245 e. The van der Waals surface area contributed by atoms with Crippen LogP contribution in [-0.4, -0.2) is 25.7 Å². The van der Waals surface area contributed by atoms with Crippen molar-refractivity contribution in [2.75, 3.05) is 19.8 Å². The van der Waals surface area contributed by atoms with Crippen molar-refractivity contribution in [2.45, 2.75) is 6.42 Å². The molecule has 1 aliphatic heterocycles. The fraction of sp³-hybridized carbons (Fsp3) is 0.385. The van der Waals surface area contributed by atoms with Gasteiger partial charge >= 0.3 is 0 Å². The first kappa shape index (κ1) is 12.9. The lowest BCUT2D eigenvalue weighted by molar-refractivity contribution is -0.149. The van der Waals surface area contributed by atoms with Crippen LogP contribution in [-0.2, 0) is 16.0 Å². The van der Waals surface area contributed by atoms with Gasteiger partial charge in [-0.2, -0.15) is 5.26 Å². The monoisotopic (exact) mass is 264 g/mol. The third kappa shape index (κ3) is 2.63. The summed E-state index contributed by atoms with van der Waals surface area (Å²) in [5.41, 5.74) is 0.121. The normalized spacial score (nSPS) is 16.4. The molecule has 1 heterocycles. The number of nitrogens with one attached hydrogen (secondary N) is 1. The lowest BCUT2D eigenvalue weighted by Gasteiger charge is -2.33. The van der Waals surface area contributed by atoms with Gasteiger partial charge in [-0.15, -0.1) is 0 Å². The standard InChI is InChI=1S/C13H13ClN2O2/c14-11-3-1-10(2-4-11)5-6-16-12(17)13(7-15)8-18-9-13/h1-4H,5-6,8-9H2,(H,16,17). The van der Waals surface area contributed by atoms with Gasteiger partial charge in [0.1, 0.15) is 0 Å². The fourth-order valence-electron chi connectivity index (χ4n) is 1.69. The van der Waals surface area contributed by atoms with E-state index in [0.717, 1.165) is 5.56 Å². The molecule has 1 saturated heterocycles. The van der Waals surface area contributed by atoms with E-state index in [1.54, 1.807) is 0 Å². The second-order valence-electron chi connectivity index (χ2n) is 4.32. The first-order valence-electron chi connectivity index (χ1n) is 5.68. The minimum absolute atomic E-state index is 0.191. The van der Waals surface area contributed by atoms with Crippen LogP contribution >= 0.6 is 11.6 Å². The molecule has 0 spiro atoms. The van der Waals surface area contributed by atoms with Crippen LogP contribution in [0.2, 0.25) is 5.02 Å². The van der Waals surface area contributed by atoms with Crippen LogP contribution in [0.1, 0.15) is 5.56 Å². The summed E-state index contributed by atoms with van der Waals surface area (Å²) in [6.07, 6.45) is 0.714. The summed E-state index contributed by atoms with van der Waals surface area (Å²) >= 11 is 5.78. The number of benzene rings is 1. The van der Waals surface area contributed by atoms with Crippen molar-refractivity contribution in [3.63, 3.8) is 0 Å². The summed E-state index contributed by atoms with van der Waals surface area (Å²) in [5, 5.41) is 12.4. The highest BCUT2D eigenvalue weighted by molar-refractivity contribution is 6.30. The Kier molecular flexibility index (Phi) is 3.85. The van der Waals surface area contributed by atoms with Gasteiger partial charge < -0.3 is 10.1 Å². The molecule has 0 atom stereocenters. The molecule has 1 amide bonds. The highest BCUT2D eigenvalue weighted by Gasteiger charge is 2.46. The second-order valence-corrected chi connectivity index (χ2v) is 4.76. The number of ether oxygens (including phenoxy) is 1. The average Bonchev–Trinajstić information content (AvgIpc) is 2.31. The predicted molar refractivity (Wildman–Crippen MR) is 67.0 cm³/mol. The fourth-order valence-corrected chi connectivity index (χ4v) is 1.82. The van der Waals surface area contributed by atoms with Crippen LogP contribution in [0.25, 0.3) is 0 Å². The van der Waals surface area contributed by atoms with Crippen molar-refractivity contribution in [3.05, 3.63) is 34.9 Å². The van der Waals surface area contributed by atoms with E-state index in [0.29, 0.717) is 18.0 Å². The Morgan fingerprint density at radius 1 is 1.44 bits per heavy atom. The maximum Gasteiger partial charge on any atom is 0.245 e. The Labute approximate surface area is 111 Å². The molecule has 18 heavy (non-hydrogen) atoms. The quantitative estimate of drug-likeness (QED) is 0.897. The number of hydrogen-bond donors (Lipinski definition) is 1. The Hall–Kier alpha value is -1.57. The number of hydrogen-bond acceptors (Lipinski definition) is 3. The maximum atomic E-state index is 11.8. The van der Waals surface area contributed by atoms with Gasteiger partial charge in [0, 0.05) is 11.6 Å². The molecule has 1 N–H and O–H groups in total. The summed E-state index contributed by atoms with van der Waals surface area (Å²) in [4.78, 5) is 11.8. The molecule has 1 aromatic carbocycles. The zero-order valence-corrected chi connectivity index (χ0v) is 10.5. The molecule has 0 radical (unpaired) electrons.